The van der Waals surface area contributed by atoms with E-state index in [0.29, 0.717) is 19.6 Å². The normalized spacial score (nSPS) is 26.5. The quantitative estimate of drug-likeness (QED) is 0.709. The summed E-state index contributed by atoms with van der Waals surface area (Å²) in [6, 6.07) is 7.60. The summed E-state index contributed by atoms with van der Waals surface area (Å²) in [6.45, 7) is 3.49. The van der Waals surface area contributed by atoms with E-state index in [4.69, 9.17) is 0 Å². The largest absolute Gasteiger partial charge is 0.396 e. The molecule has 0 unspecified atom stereocenters. The van der Waals surface area contributed by atoms with Gasteiger partial charge in [0.05, 0.1) is 12.0 Å². The lowest BCUT2D eigenvalue weighted by Crippen LogP contribution is -2.46. The van der Waals surface area contributed by atoms with Crippen LogP contribution in [0.2, 0.25) is 0 Å². The number of rotatable bonds is 6. The lowest BCUT2D eigenvalue weighted by molar-refractivity contribution is -0.127. The van der Waals surface area contributed by atoms with Crippen LogP contribution in [0.4, 0.5) is 0 Å². The summed E-state index contributed by atoms with van der Waals surface area (Å²) >= 11 is 0. The molecule has 1 aliphatic carbocycles. The summed E-state index contributed by atoms with van der Waals surface area (Å²) in [6.07, 6.45) is 10.0. The molecule has 2 N–H and O–H groups in total. The van der Waals surface area contributed by atoms with Crippen LogP contribution in [0, 0.1) is 11.8 Å². The van der Waals surface area contributed by atoms with E-state index in [1.807, 2.05) is 35.8 Å². The molecule has 2 aromatic rings. The summed E-state index contributed by atoms with van der Waals surface area (Å²) in [4.78, 5) is 33.3. The molecule has 1 fully saturated rings. The second kappa shape index (κ2) is 9.23. The summed E-state index contributed by atoms with van der Waals surface area (Å²) in [5, 5.41) is 13.4. The van der Waals surface area contributed by atoms with Crippen LogP contribution >= 0.6 is 0 Å². The van der Waals surface area contributed by atoms with Crippen molar-refractivity contribution >= 4 is 11.5 Å². The molecule has 4 atom stereocenters. The third kappa shape index (κ3) is 3.83. The van der Waals surface area contributed by atoms with Gasteiger partial charge < -0.3 is 15.0 Å². The number of nitrogens with zero attached hydrogens (tertiary/aromatic N) is 3. The first kappa shape index (κ1) is 22.0. The highest BCUT2D eigenvalue weighted by atomic mass is 16.3. The first-order chi connectivity index (χ1) is 16.1. The number of amides is 1. The van der Waals surface area contributed by atoms with Crippen molar-refractivity contribution in [3.63, 3.8) is 0 Å². The monoisotopic (exact) mass is 448 g/mol. The molecule has 0 radical (unpaired) electrons. The first-order valence-electron chi connectivity index (χ1n) is 12.1. The summed E-state index contributed by atoms with van der Waals surface area (Å²) in [5.41, 5.74) is 3.95. The van der Waals surface area contributed by atoms with E-state index in [-0.39, 0.29) is 36.1 Å². The Labute approximate surface area is 194 Å². The number of allylic oxidation sites excluding steroid dienone is 2. The Hall–Kier alpha value is -2.77. The van der Waals surface area contributed by atoms with Crippen molar-refractivity contribution in [1.29, 1.82) is 0 Å². The van der Waals surface area contributed by atoms with Crippen LogP contribution in [-0.2, 0) is 17.9 Å². The standard InChI is InChI=1S/C26H32N4O3/c1-2-28-25(32)23-20(16-31)22-15-30-21(24(23)29(22)14-17-10-12-27-13-11-17)9-8-19(26(30)33)18-6-4-3-5-7-18/h6,8-13,20,22-24,31H,2-5,7,14-16H2,1H3,(H,28,32)/t20-,22-,23+,24+/m0/s1. The Kier molecular flexibility index (Phi) is 6.17. The highest BCUT2D eigenvalue weighted by Crippen LogP contribution is 2.49. The Morgan fingerprint density at radius 3 is 2.73 bits per heavy atom. The predicted molar refractivity (Wildman–Crippen MR) is 126 cm³/mol. The van der Waals surface area contributed by atoms with Crippen molar-refractivity contribution in [2.45, 2.75) is 57.8 Å². The van der Waals surface area contributed by atoms with Crippen molar-refractivity contribution in [3.05, 3.63) is 69.9 Å². The molecule has 7 heteroatoms. The van der Waals surface area contributed by atoms with Crippen molar-refractivity contribution in [3.8, 4) is 0 Å². The van der Waals surface area contributed by atoms with Gasteiger partial charge >= 0.3 is 0 Å². The van der Waals surface area contributed by atoms with Gasteiger partial charge in [0.1, 0.15) is 0 Å². The first-order valence-corrected chi connectivity index (χ1v) is 12.1. The Bertz CT molecular complexity index is 1110. The van der Waals surface area contributed by atoms with Gasteiger partial charge in [0.2, 0.25) is 5.91 Å². The van der Waals surface area contributed by atoms with Gasteiger partial charge in [0.25, 0.3) is 5.56 Å². The third-order valence-electron chi connectivity index (χ3n) is 7.58. The highest BCUT2D eigenvalue weighted by Gasteiger charge is 2.55. The second-order valence-corrected chi connectivity index (χ2v) is 9.37. The second-order valence-electron chi connectivity index (χ2n) is 9.37. The van der Waals surface area contributed by atoms with Gasteiger partial charge in [-0.2, -0.15) is 0 Å². The highest BCUT2D eigenvalue weighted by molar-refractivity contribution is 5.80. The molecule has 4 heterocycles. The van der Waals surface area contributed by atoms with Gasteiger partial charge in [-0.15, -0.1) is 0 Å². The fraction of sp³-hybridized carbons (Fsp3) is 0.500. The molecule has 1 amide bonds. The lowest BCUT2D eigenvalue weighted by atomic mass is 9.86. The van der Waals surface area contributed by atoms with E-state index < -0.39 is 5.92 Å². The average Bonchev–Trinajstić information content (AvgIpc) is 3.05. The number of aliphatic hydroxyl groups excluding tert-OH is 1. The van der Waals surface area contributed by atoms with Crippen molar-refractivity contribution in [1.82, 2.24) is 19.8 Å². The number of fused-ring (bicyclic) bond motifs is 4. The van der Waals surface area contributed by atoms with Crippen molar-refractivity contribution < 1.29 is 9.90 Å². The van der Waals surface area contributed by atoms with Crippen molar-refractivity contribution in [2.75, 3.05) is 13.2 Å². The van der Waals surface area contributed by atoms with Gasteiger partial charge in [-0.3, -0.25) is 19.5 Å². The maximum atomic E-state index is 13.6. The predicted octanol–water partition coefficient (Wildman–Crippen LogP) is 2.50. The molecule has 0 spiro atoms. The SMILES string of the molecule is CCNC(=O)[C@@H]1[C@@H](CO)[C@@H]2Cn3c(ccc(C4=CCCCC4)c3=O)[C@H]1N2Cc1ccncc1. The van der Waals surface area contributed by atoms with E-state index in [0.717, 1.165) is 41.7 Å². The van der Waals surface area contributed by atoms with Gasteiger partial charge in [-0.05, 0) is 68.0 Å². The molecule has 0 aromatic carbocycles. The van der Waals surface area contributed by atoms with E-state index in [9.17, 15) is 14.7 Å². The van der Waals surface area contributed by atoms with Crippen LogP contribution in [0.1, 0.15) is 55.5 Å². The van der Waals surface area contributed by atoms with Gasteiger partial charge in [0.15, 0.2) is 0 Å². The molecule has 2 aliphatic heterocycles. The molecule has 33 heavy (non-hydrogen) atoms. The van der Waals surface area contributed by atoms with E-state index in [2.05, 4.69) is 21.3 Å². The van der Waals surface area contributed by atoms with Crippen LogP contribution in [0.5, 0.6) is 0 Å². The molecule has 3 aliphatic rings. The van der Waals surface area contributed by atoms with Gasteiger partial charge in [-0.25, -0.2) is 0 Å². The van der Waals surface area contributed by atoms with Gasteiger partial charge in [0, 0.05) is 61.9 Å². The number of hydrogen-bond donors (Lipinski definition) is 2. The molecule has 174 valence electrons. The minimum atomic E-state index is -0.408. The van der Waals surface area contributed by atoms with E-state index in [1.165, 1.54) is 6.42 Å². The summed E-state index contributed by atoms with van der Waals surface area (Å²) < 4.78 is 1.88. The smallest absolute Gasteiger partial charge is 0.258 e. The third-order valence-corrected chi connectivity index (χ3v) is 7.58. The van der Waals surface area contributed by atoms with Crippen LogP contribution < -0.4 is 10.9 Å². The van der Waals surface area contributed by atoms with E-state index >= 15 is 0 Å². The molecule has 1 saturated heterocycles. The summed E-state index contributed by atoms with van der Waals surface area (Å²) in [5.74, 6) is -0.696. The molecule has 0 saturated carbocycles. The lowest BCUT2D eigenvalue weighted by Gasteiger charge is -2.38. The number of aromatic nitrogens is 2. The van der Waals surface area contributed by atoms with Crippen LogP contribution in [0.15, 0.2) is 47.5 Å². The fourth-order valence-corrected chi connectivity index (χ4v) is 6.06. The number of carbonyl (C=O) groups excluding carboxylic acids is 1. The number of aliphatic hydroxyl groups is 1. The number of hydrogen-bond acceptors (Lipinski definition) is 5. The molecular formula is C26H32N4O3. The minimum absolute atomic E-state index is 0.0347. The van der Waals surface area contributed by atoms with Gasteiger partial charge in [-0.1, -0.05) is 6.08 Å². The number of pyridine rings is 2. The Balaban J connectivity index is 1.60. The maximum Gasteiger partial charge on any atom is 0.258 e. The zero-order chi connectivity index (χ0) is 22.9. The number of carbonyl (C=O) groups is 1. The zero-order valence-electron chi connectivity index (χ0n) is 19.1. The van der Waals surface area contributed by atoms with Crippen LogP contribution in [-0.4, -0.2) is 44.7 Å². The molecule has 7 nitrogen and oxygen atoms in total. The fourth-order valence-electron chi connectivity index (χ4n) is 6.06. The maximum absolute atomic E-state index is 13.6. The Morgan fingerprint density at radius 1 is 1.21 bits per heavy atom. The Morgan fingerprint density at radius 2 is 2.03 bits per heavy atom. The van der Waals surface area contributed by atoms with Crippen molar-refractivity contribution in [2.24, 2.45) is 11.8 Å². The molecular weight excluding hydrogens is 416 g/mol. The number of nitrogens with one attached hydrogen (secondary N) is 1. The topological polar surface area (TPSA) is 87.5 Å². The average molecular weight is 449 g/mol. The minimum Gasteiger partial charge on any atom is -0.396 e. The van der Waals surface area contributed by atoms with Crippen LogP contribution in [0.25, 0.3) is 5.57 Å². The van der Waals surface area contributed by atoms with E-state index in [1.54, 1.807) is 12.4 Å². The summed E-state index contributed by atoms with van der Waals surface area (Å²) in [7, 11) is 0. The molecule has 5 rings (SSSR count). The van der Waals surface area contributed by atoms with Crippen LogP contribution in [0.3, 0.4) is 0 Å². The molecule has 2 aromatic heterocycles. The zero-order valence-corrected chi connectivity index (χ0v) is 19.1. The molecule has 2 bridgehead atoms.